The third-order valence-corrected chi connectivity index (χ3v) is 4.45. The molecule has 1 aliphatic rings. The van der Waals surface area contributed by atoms with Gasteiger partial charge in [-0.1, -0.05) is 36.4 Å². The predicted octanol–water partition coefficient (Wildman–Crippen LogP) is 3.84. The number of fused-ring (bicyclic) bond motifs is 2. The van der Waals surface area contributed by atoms with Gasteiger partial charge in [0.15, 0.2) is 0 Å². The highest BCUT2D eigenvalue weighted by atomic mass is 16.5. The molecule has 27 heavy (non-hydrogen) atoms. The molecule has 0 spiro atoms. The summed E-state index contributed by atoms with van der Waals surface area (Å²) in [4.78, 5) is 38.2. The van der Waals surface area contributed by atoms with Crippen molar-refractivity contribution in [1.29, 1.82) is 0 Å². The molecule has 0 aliphatic carbocycles. The Bertz CT molecular complexity index is 1120. The average Bonchev–Trinajstić information content (AvgIpc) is 2.92. The highest BCUT2D eigenvalue weighted by Gasteiger charge is 2.35. The van der Waals surface area contributed by atoms with Crippen LogP contribution in [0.25, 0.3) is 10.8 Å². The van der Waals surface area contributed by atoms with E-state index in [4.69, 9.17) is 4.74 Å². The van der Waals surface area contributed by atoms with Gasteiger partial charge in [0.2, 0.25) is 0 Å². The Morgan fingerprint density at radius 2 is 1.67 bits per heavy atom. The van der Waals surface area contributed by atoms with Gasteiger partial charge in [-0.2, -0.15) is 0 Å². The van der Waals surface area contributed by atoms with E-state index in [9.17, 15) is 14.4 Å². The maximum absolute atomic E-state index is 12.5. The second-order valence-electron chi connectivity index (χ2n) is 6.17. The molecule has 0 bridgehead atoms. The molecule has 0 radical (unpaired) electrons. The van der Waals surface area contributed by atoms with Gasteiger partial charge in [-0.15, -0.1) is 6.58 Å². The molecule has 5 heteroatoms. The first-order valence-corrected chi connectivity index (χ1v) is 8.40. The SMILES string of the molecule is C=CCN1C(=O)c2ccc(C(=O)Oc3ccc4ccccc4c3)cc2C1=O. The molecule has 1 heterocycles. The van der Waals surface area contributed by atoms with E-state index in [1.54, 1.807) is 12.1 Å². The van der Waals surface area contributed by atoms with Crippen molar-refractivity contribution >= 4 is 28.6 Å². The maximum Gasteiger partial charge on any atom is 0.343 e. The summed E-state index contributed by atoms with van der Waals surface area (Å²) in [6.07, 6.45) is 1.48. The van der Waals surface area contributed by atoms with Crippen molar-refractivity contribution in [2.24, 2.45) is 0 Å². The monoisotopic (exact) mass is 357 g/mol. The second kappa shape index (κ2) is 6.53. The van der Waals surface area contributed by atoms with Gasteiger partial charge in [0.05, 0.1) is 16.7 Å². The van der Waals surface area contributed by atoms with E-state index in [1.165, 1.54) is 24.3 Å². The molecule has 0 fully saturated rings. The van der Waals surface area contributed by atoms with Crippen LogP contribution in [-0.2, 0) is 0 Å². The molecule has 0 aromatic heterocycles. The van der Waals surface area contributed by atoms with Crippen molar-refractivity contribution in [3.05, 3.63) is 90.0 Å². The topological polar surface area (TPSA) is 63.7 Å². The molecule has 0 saturated carbocycles. The number of hydrogen-bond acceptors (Lipinski definition) is 4. The van der Waals surface area contributed by atoms with E-state index >= 15 is 0 Å². The van der Waals surface area contributed by atoms with Crippen LogP contribution in [0, 0.1) is 0 Å². The molecule has 132 valence electrons. The van der Waals surface area contributed by atoms with E-state index in [-0.39, 0.29) is 29.1 Å². The van der Waals surface area contributed by atoms with Gasteiger partial charge >= 0.3 is 5.97 Å². The Hall–Kier alpha value is -3.73. The standard InChI is InChI=1S/C22H15NO4/c1-2-11-23-20(24)18-10-8-16(13-19(18)21(23)25)22(26)27-17-9-7-14-5-3-4-6-15(14)12-17/h2-10,12-13H,1,11H2. The first kappa shape index (κ1) is 16.7. The minimum atomic E-state index is -0.587. The summed E-state index contributed by atoms with van der Waals surface area (Å²) < 4.78 is 5.44. The van der Waals surface area contributed by atoms with Gasteiger partial charge in [-0.05, 0) is 41.1 Å². The molecular formula is C22H15NO4. The van der Waals surface area contributed by atoms with Crippen LogP contribution in [0.2, 0.25) is 0 Å². The fourth-order valence-electron chi connectivity index (χ4n) is 3.11. The van der Waals surface area contributed by atoms with Crippen molar-refractivity contribution in [2.75, 3.05) is 6.54 Å². The van der Waals surface area contributed by atoms with E-state index in [0.29, 0.717) is 5.75 Å². The molecule has 1 aliphatic heterocycles. The smallest absolute Gasteiger partial charge is 0.343 e. The zero-order valence-corrected chi connectivity index (χ0v) is 14.3. The van der Waals surface area contributed by atoms with Crippen LogP contribution in [0.1, 0.15) is 31.1 Å². The Morgan fingerprint density at radius 1 is 0.926 bits per heavy atom. The number of ether oxygens (including phenoxy) is 1. The van der Waals surface area contributed by atoms with Crippen molar-refractivity contribution in [3.8, 4) is 5.75 Å². The van der Waals surface area contributed by atoms with Gasteiger partial charge < -0.3 is 4.74 Å². The van der Waals surface area contributed by atoms with Crippen LogP contribution < -0.4 is 4.74 Å². The molecule has 0 N–H and O–H groups in total. The number of nitrogens with zero attached hydrogens (tertiary/aromatic N) is 1. The summed E-state index contributed by atoms with van der Waals surface area (Å²) >= 11 is 0. The van der Waals surface area contributed by atoms with E-state index in [0.717, 1.165) is 15.7 Å². The van der Waals surface area contributed by atoms with Gasteiger partial charge in [-0.3, -0.25) is 14.5 Å². The molecule has 0 atom stereocenters. The summed E-state index contributed by atoms with van der Waals surface area (Å²) in [7, 11) is 0. The fourth-order valence-corrected chi connectivity index (χ4v) is 3.11. The molecule has 0 unspecified atom stereocenters. The van der Waals surface area contributed by atoms with Crippen molar-refractivity contribution in [3.63, 3.8) is 0 Å². The largest absolute Gasteiger partial charge is 0.423 e. The van der Waals surface area contributed by atoms with Gasteiger partial charge in [-0.25, -0.2) is 4.79 Å². The Morgan fingerprint density at radius 3 is 2.44 bits per heavy atom. The highest BCUT2D eigenvalue weighted by molar-refractivity contribution is 6.22. The van der Waals surface area contributed by atoms with E-state index in [2.05, 4.69) is 6.58 Å². The lowest BCUT2D eigenvalue weighted by Crippen LogP contribution is -2.29. The average molecular weight is 357 g/mol. The second-order valence-corrected chi connectivity index (χ2v) is 6.17. The zero-order valence-electron chi connectivity index (χ0n) is 14.3. The summed E-state index contributed by atoms with van der Waals surface area (Å²) in [6.45, 7) is 3.68. The normalized spacial score (nSPS) is 13.0. The molecule has 5 nitrogen and oxygen atoms in total. The number of carbonyl (C=O) groups is 3. The first-order valence-electron chi connectivity index (χ1n) is 8.40. The number of imide groups is 1. The Labute approximate surface area is 155 Å². The lowest BCUT2D eigenvalue weighted by atomic mass is 10.1. The third kappa shape index (κ3) is 2.89. The molecule has 4 rings (SSSR count). The van der Waals surface area contributed by atoms with Crippen molar-refractivity contribution in [1.82, 2.24) is 4.90 Å². The zero-order chi connectivity index (χ0) is 19.0. The van der Waals surface area contributed by atoms with Gasteiger partial charge in [0.1, 0.15) is 5.75 Å². The summed E-state index contributed by atoms with van der Waals surface area (Å²) in [5, 5.41) is 2.00. The molecular weight excluding hydrogens is 342 g/mol. The fraction of sp³-hybridized carbons (Fsp3) is 0.0455. The maximum atomic E-state index is 12.5. The van der Waals surface area contributed by atoms with Crippen LogP contribution in [0.15, 0.2) is 73.3 Å². The molecule has 3 aromatic rings. The number of carbonyl (C=O) groups excluding carboxylic acids is 3. The lowest BCUT2D eigenvalue weighted by molar-refractivity contribution is 0.0671. The van der Waals surface area contributed by atoms with Gasteiger partial charge in [0.25, 0.3) is 11.8 Å². The number of rotatable bonds is 4. The quantitative estimate of drug-likeness (QED) is 0.308. The minimum Gasteiger partial charge on any atom is -0.423 e. The Kier molecular flexibility index (Phi) is 4.05. The minimum absolute atomic E-state index is 0.128. The predicted molar refractivity (Wildman–Crippen MR) is 101 cm³/mol. The molecule has 0 saturated heterocycles. The summed E-state index contributed by atoms with van der Waals surface area (Å²) in [6, 6.07) is 17.5. The van der Waals surface area contributed by atoms with E-state index < -0.39 is 11.9 Å². The number of esters is 1. The number of benzene rings is 3. The summed E-state index contributed by atoms with van der Waals surface area (Å²) in [5.41, 5.74) is 0.697. The number of hydrogen-bond donors (Lipinski definition) is 0. The number of amides is 2. The van der Waals surface area contributed by atoms with Crippen molar-refractivity contribution in [2.45, 2.75) is 0 Å². The summed E-state index contributed by atoms with van der Waals surface area (Å²) in [5.74, 6) is -0.995. The van der Waals surface area contributed by atoms with E-state index in [1.807, 2.05) is 30.3 Å². The van der Waals surface area contributed by atoms with Crippen molar-refractivity contribution < 1.29 is 19.1 Å². The van der Waals surface area contributed by atoms with Crippen LogP contribution in [-0.4, -0.2) is 29.2 Å². The van der Waals surface area contributed by atoms with Gasteiger partial charge in [0, 0.05) is 6.54 Å². The van der Waals surface area contributed by atoms with Crippen LogP contribution >= 0.6 is 0 Å². The molecule has 3 aromatic carbocycles. The van der Waals surface area contributed by atoms with Crippen LogP contribution in [0.4, 0.5) is 0 Å². The lowest BCUT2D eigenvalue weighted by Gasteiger charge is -2.09. The van der Waals surface area contributed by atoms with Crippen LogP contribution in [0.3, 0.4) is 0 Å². The third-order valence-electron chi connectivity index (χ3n) is 4.45. The highest BCUT2D eigenvalue weighted by Crippen LogP contribution is 2.25. The Balaban J connectivity index is 1.61. The molecule has 2 amide bonds. The van der Waals surface area contributed by atoms with Crippen LogP contribution in [0.5, 0.6) is 5.75 Å². The first-order chi connectivity index (χ1) is 13.1.